The Morgan fingerprint density at radius 2 is 1.76 bits per heavy atom. The molecular formula is C22H35O2P. The fourth-order valence-corrected chi connectivity index (χ4v) is 5.36. The molecule has 2 N–H and O–H groups in total. The first-order chi connectivity index (χ1) is 11.5. The summed E-state index contributed by atoms with van der Waals surface area (Å²) in [6.45, 7) is 13.2. The summed E-state index contributed by atoms with van der Waals surface area (Å²) in [5.41, 5.74) is 4.12. The van der Waals surface area contributed by atoms with Crippen molar-refractivity contribution in [3.05, 3.63) is 46.6 Å². The van der Waals surface area contributed by atoms with Crippen LogP contribution in [0.4, 0.5) is 0 Å². The van der Waals surface area contributed by atoms with E-state index < -0.39 is 0 Å². The second-order valence-electron chi connectivity index (χ2n) is 9.15. The van der Waals surface area contributed by atoms with Crippen molar-refractivity contribution in [1.82, 2.24) is 0 Å². The normalized spacial score (nSPS) is 33.0. The average molecular weight is 362 g/mol. The van der Waals surface area contributed by atoms with E-state index in [0.29, 0.717) is 14.5 Å². The van der Waals surface area contributed by atoms with E-state index in [4.69, 9.17) is 0 Å². The van der Waals surface area contributed by atoms with E-state index in [1.54, 1.807) is 0 Å². The number of hydrogen-bond donors (Lipinski definition) is 2. The molecule has 2 rings (SSSR count). The molecule has 1 unspecified atom stereocenters. The molecule has 0 fully saturated rings. The van der Waals surface area contributed by atoms with Crippen molar-refractivity contribution in [1.29, 1.82) is 0 Å². The van der Waals surface area contributed by atoms with Gasteiger partial charge in [-0.1, -0.05) is 77.3 Å². The molecule has 0 amide bonds. The summed E-state index contributed by atoms with van der Waals surface area (Å²) >= 11 is 0. The van der Waals surface area contributed by atoms with Crippen LogP contribution in [0.25, 0.3) is 0 Å². The molecule has 0 bridgehead atoms. The van der Waals surface area contributed by atoms with Crippen LogP contribution >= 0.6 is 8.58 Å². The molecule has 2 aliphatic rings. The average Bonchev–Trinajstić information content (AvgIpc) is 2.41. The van der Waals surface area contributed by atoms with Gasteiger partial charge >= 0.3 is 0 Å². The van der Waals surface area contributed by atoms with Gasteiger partial charge in [0, 0.05) is 5.92 Å². The molecule has 0 aliphatic heterocycles. The van der Waals surface area contributed by atoms with Crippen LogP contribution < -0.4 is 0 Å². The fourth-order valence-electron chi connectivity index (χ4n) is 4.68. The zero-order chi connectivity index (χ0) is 18.8. The Kier molecular flexibility index (Phi) is 6.52. The molecule has 0 radical (unpaired) electrons. The number of aliphatic hydroxyl groups is 2. The Morgan fingerprint density at radius 3 is 2.36 bits per heavy atom. The summed E-state index contributed by atoms with van der Waals surface area (Å²) in [4.78, 5) is 0. The van der Waals surface area contributed by atoms with Crippen molar-refractivity contribution >= 4 is 8.58 Å². The fraction of sp³-hybridized carbons (Fsp3) is 0.636. The highest BCUT2D eigenvalue weighted by Crippen LogP contribution is 2.43. The summed E-state index contributed by atoms with van der Waals surface area (Å²) in [6, 6.07) is 0. The Labute approximate surface area is 155 Å². The highest BCUT2D eigenvalue weighted by atomic mass is 31.1. The van der Waals surface area contributed by atoms with Crippen LogP contribution in [-0.4, -0.2) is 22.4 Å². The number of rotatable bonds is 4. The van der Waals surface area contributed by atoms with E-state index in [1.807, 2.05) is 6.08 Å². The minimum Gasteiger partial charge on any atom is -0.393 e. The maximum absolute atomic E-state index is 9.99. The number of allylic oxidation sites excluding steroid dienone is 4. The van der Waals surface area contributed by atoms with E-state index in [1.165, 1.54) is 16.7 Å². The Hall–Kier alpha value is -0.690. The van der Waals surface area contributed by atoms with Crippen LogP contribution in [0, 0.1) is 16.7 Å². The lowest BCUT2D eigenvalue weighted by Crippen LogP contribution is -2.32. The third kappa shape index (κ3) is 5.16. The highest BCUT2D eigenvalue weighted by molar-refractivity contribution is 7.45. The first kappa shape index (κ1) is 20.6. The summed E-state index contributed by atoms with van der Waals surface area (Å²) < 4.78 is 0. The maximum atomic E-state index is 9.99. The minimum atomic E-state index is -0.305. The predicted molar refractivity (Wildman–Crippen MR) is 110 cm³/mol. The lowest BCUT2D eigenvalue weighted by Gasteiger charge is -2.38. The zero-order valence-corrected chi connectivity index (χ0v) is 17.6. The van der Waals surface area contributed by atoms with Gasteiger partial charge in [0.05, 0.1) is 12.2 Å². The van der Waals surface area contributed by atoms with Crippen molar-refractivity contribution in [3.63, 3.8) is 0 Å². The second kappa shape index (κ2) is 7.91. The second-order valence-corrected chi connectivity index (χ2v) is 10.1. The molecule has 3 heteroatoms. The van der Waals surface area contributed by atoms with Crippen LogP contribution in [0.2, 0.25) is 0 Å². The highest BCUT2D eigenvalue weighted by Gasteiger charge is 2.34. The Balaban J connectivity index is 2.02. The van der Waals surface area contributed by atoms with Crippen molar-refractivity contribution < 1.29 is 10.2 Å². The molecule has 4 atom stereocenters. The monoisotopic (exact) mass is 362 g/mol. The Morgan fingerprint density at radius 1 is 1.08 bits per heavy atom. The van der Waals surface area contributed by atoms with E-state index >= 15 is 0 Å². The van der Waals surface area contributed by atoms with Crippen LogP contribution in [0.1, 0.15) is 60.8 Å². The maximum Gasteiger partial charge on any atom is 0.0729 e. The van der Waals surface area contributed by atoms with Gasteiger partial charge in [-0.2, -0.15) is 0 Å². The smallest absolute Gasteiger partial charge is 0.0729 e. The van der Waals surface area contributed by atoms with Crippen LogP contribution in [0.5, 0.6) is 0 Å². The summed E-state index contributed by atoms with van der Waals surface area (Å²) in [5, 5.41) is 19.9. The van der Waals surface area contributed by atoms with E-state index in [-0.39, 0.29) is 23.0 Å². The lowest BCUT2D eigenvalue weighted by molar-refractivity contribution is 0.116. The van der Waals surface area contributed by atoms with Crippen molar-refractivity contribution in [2.45, 2.75) is 73.0 Å². The summed E-state index contributed by atoms with van der Waals surface area (Å²) in [6.07, 6.45) is 8.54. The molecule has 0 aromatic carbocycles. The van der Waals surface area contributed by atoms with Gasteiger partial charge in [-0.3, -0.25) is 0 Å². The topological polar surface area (TPSA) is 40.5 Å². The standard InChI is InChI=1S/C22H35O2P/c1-15-11-17(23)13-21(3,4)19(15)7-9-25-10-8-20-16(2)12-18(24)14-22(20,5)6/h7-11,17-19,23-25H,12-14H2,1-6H3/b9-7+,10-8+/t17-,18+,19-/m0/s1. The first-order valence-electron chi connectivity index (χ1n) is 9.37. The molecule has 0 heterocycles. The van der Waals surface area contributed by atoms with Gasteiger partial charge < -0.3 is 10.2 Å². The third-order valence-electron chi connectivity index (χ3n) is 5.73. The largest absolute Gasteiger partial charge is 0.393 e. The molecule has 25 heavy (non-hydrogen) atoms. The summed E-state index contributed by atoms with van der Waals surface area (Å²) in [5.74, 6) is 4.94. The van der Waals surface area contributed by atoms with Gasteiger partial charge in [-0.05, 0) is 49.5 Å². The minimum absolute atomic E-state index is 0.0489. The molecule has 2 nitrogen and oxygen atoms in total. The molecule has 0 spiro atoms. The van der Waals surface area contributed by atoms with E-state index in [2.05, 4.69) is 65.3 Å². The lowest BCUT2D eigenvalue weighted by atomic mass is 9.68. The Bertz CT molecular complexity index is 608. The van der Waals surface area contributed by atoms with Gasteiger partial charge in [-0.25, -0.2) is 0 Å². The van der Waals surface area contributed by atoms with Gasteiger partial charge in [0.15, 0.2) is 0 Å². The quantitative estimate of drug-likeness (QED) is 0.509. The van der Waals surface area contributed by atoms with E-state index in [9.17, 15) is 10.2 Å². The van der Waals surface area contributed by atoms with Gasteiger partial charge in [0.1, 0.15) is 0 Å². The van der Waals surface area contributed by atoms with Gasteiger partial charge in [0.2, 0.25) is 0 Å². The SMILES string of the molecule is CC1=C[C@H](O)CC(C)(C)[C@H]1/C=C/P/C=C/C1=C(C)C[C@@H](O)CC1(C)C. The molecule has 0 aromatic rings. The van der Waals surface area contributed by atoms with E-state index in [0.717, 1.165) is 19.3 Å². The van der Waals surface area contributed by atoms with Crippen molar-refractivity contribution in [2.24, 2.45) is 16.7 Å². The van der Waals surface area contributed by atoms with Crippen LogP contribution in [-0.2, 0) is 0 Å². The molecule has 0 saturated carbocycles. The predicted octanol–water partition coefficient (Wildman–Crippen LogP) is 5.54. The first-order valence-corrected chi connectivity index (χ1v) is 10.5. The third-order valence-corrected chi connectivity index (χ3v) is 6.47. The molecule has 2 aliphatic carbocycles. The van der Waals surface area contributed by atoms with Crippen LogP contribution in [0.3, 0.4) is 0 Å². The van der Waals surface area contributed by atoms with Crippen LogP contribution in [0.15, 0.2) is 46.6 Å². The molecule has 0 saturated heterocycles. The number of aliphatic hydroxyl groups excluding tert-OH is 2. The number of hydrogen-bond acceptors (Lipinski definition) is 2. The van der Waals surface area contributed by atoms with Gasteiger partial charge in [-0.15, -0.1) is 0 Å². The zero-order valence-electron chi connectivity index (χ0n) is 16.6. The summed E-state index contributed by atoms with van der Waals surface area (Å²) in [7, 11) is 0.653. The van der Waals surface area contributed by atoms with Crippen molar-refractivity contribution in [2.75, 3.05) is 0 Å². The van der Waals surface area contributed by atoms with Crippen molar-refractivity contribution in [3.8, 4) is 0 Å². The molecular weight excluding hydrogens is 327 g/mol. The van der Waals surface area contributed by atoms with Gasteiger partial charge in [0.25, 0.3) is 0 Å². The molecule has 140 valence electrons. The molecule has 0 aromatic heterocycles.